The van der Waals surface area contributed by atoms with Gasteiger partial charge in [-0.05, 0) is 36.8 Å². The van der Waals surface area contributed by atoms with E-state index in [1.807, 2.05) is 31.2 Å². The predicted molar refractivity (Wildman–Crippen MR) is 81.2 cm³/mol. The first kappa shape index (κ1) is 15.3. The highest BCUT2D eigenvalue weighted by Gasteiger charge is 2.15. The van der Waals surface area contributed by atoms with Crippen molar-refractivity contribution >= 4 is 0 Å². The van der Waals surface area contributed by atoms with Gasteiger partial charge in [0.15, 0.2) is 0 Å². The SMILES string of the molecule is COc1ccc(CNC(C)c2c(F)cccc2OC)cc1. The zero-order chi connectivity index (χ0) is 15.2. The zero-order valence-corrected chi connectivity index (χ0v) is 12.5. The van der Waals surface area contributed by atoms with Crippen LogP contribution in [0.2, 0.25) is 0 Å². The molecule has 0 fully saturated rings. The highest BCUT2D eigenvalue weighted by Crippen LogP contribution is 2.27. The molecule has 1 unspecified atom stereocenters. The van der Waals surface area contributed by atoms with Gasteiger partial charge in [-0.1, -0.05) is 18.2 Å². The van der Waals surface area contributed by atoms with Crippen molar-refractivity contribution in [3.63, 3.8) is 0 Å². The summed E-state index contributed by atoms with van der Waals surface area (Å²) in [5.41, 5.74) is 1.66. The Kier molecular flexibility index (Phi) is 5.17. The van der Waals surface area contributed by atoms with Gasteiger partial charge in [-0.2, -0.15) is 0 Å². The molecule has 0 radical (unpaired) electrons. The highest BCUT2D eigenvalue weighted by molar-refractivity contribution is 5.37. The van der Waals surface area contributed by atoms with Gasteiger partial charge in [0.2, 0.25) is 0 Å². The quantitative estimate of drug-likeness (QED) is 0.879. The molecule has 1 atom stereocenters. The normalized spacial score (nSPS) is 12.0. The number of halogens is 1. The molecule has 0 aliphatic heterocycles. The van der Waals surface area contributed by atoms with Gasteiger partial charge >= 0.3 is 0 Å². The Bertz CT molecular complexity index is 584. The maximum atomic E-state index is 14.0. The van der Waals surface area contributed by atoms with Crippen LogP contribution in [-0.4, -0.2) is 14.2 Å². The Morgan fingerprint density at radius 3 is 2.38 bits per heavy atom. The molecule has 112 valence electrons. The molecule has 2 rings (SSSR count). The van der Waals surface area contributed by atoms with Crippen LogP contribution in [0.5, 0.6) is 11.5 Å². The van der Waals surface area contributed by atoms with Crippen LogP contribution in [-0.2, 0) is 6.54 Å². The number of methoxy groups -OCH3 is 2. The number of ether oxygens (including phenoxy) is 2. The fraction of sp³-hybridized carbons (Fsp3) is 0.294. The molecular formula is C17H20FNO2. The summed E-state index contributed by atoms with van der Waals surface area (Å²) in [5, 5.41) is 3.31. The summed E-state index contributed by atoms with van der Waals surface area (Å²) in [4.78, 5) is 0. The fourth-order valence-electron chi connectivity index (χ4n) is 2.23. The van der Waals surface area contributed by atoms with Crippen molar-refractivity contribution in [3.05, 3.63) is 59.4 Å². The number of hydrogen-bond acceptors (Lipinski definition) is 3. The third-order valence-corrected chi connectivity index (χ3v) is 3.44. The summed E-state index contributed by atoms with van der Waals surface area (Å²) in [6.45, 7) is 2.56. The third kappa shape index (κ3) is 3.73. The maximum Gasteiger partial charge on any atom is 0.131 e. The molecule has 3 nitrogen and oxygen atoms in total. The monoisotopic (exact) mass is 289 g/mol. The number of hydrogen-bond donors (Lipinski definition) is 1. The first-order chi connectivity index (χ1) is 10.2. The second kappa shape index (κ2) is 7.09. The Labute approximate surface area is 124 Å². The Balaban J connectivity index is 2.06. The Hall–Kier alpha value is -2.07. The van der Waals surface area contributed by atoms with Gasteiger partial charge in [0, 0.05) is 18.2 Å². The highest BCUT2D eigenvalue weighted by atomic mass is 19.1. The minimum Gasteiger partial charge on any atom is -0.497 e. The van der Waals surface area contributed by atoms with Gasteiger partial charge in [0.25, 0.3) is 0 Å². The van der Waals surface area contributed by atoms with Gasteiger partial charge in [0.1, 0.15) is 17.3 Å². The molecule has 21 heavy (non-hydrogen) atoms. The molecule has 0 aromatic heterocycles. The topological polar surface area (TPSA) is 30.5 Å². The van der Waals surface area contributed by atoms with Gasteiger partial charge < -0.3 is 14.8 Å². The lowest BCUT2D eigenvalue weighted by atomic mass is 10.1. The molecule has 0 heterocycles. The Morgan fingerprint density at radius 2 is 1.76 bits per heavy atom. The lowest BCUT2D eigenvalue weighted by molar-refractivity contribution is 0.393. The number of benzene rings is 2. The second-order valence-electron chi connectivity index (χ2n) is 4.81. The van der Waals surface area contributed by atoms with E-state index in [1.165, 1.54) is 6.07 Å². The molecular weight excluding hydrogens is 269 g/mol. The van der Waals surface area contributed by atoms with Crippen LogP contribution in [0, 0.1) is 5.82 Å². The predicted octanol–water partition coefficient (Wildman–Crippen LogP) is 3.69. The van der Waals surface area contributed by atoms with Crippen LogP contribution in [0.4, 0.5) is 4.39 Å². The molecule has 0 amide bonds. The molecule has 0 aliphatic rings. The summed E-state index contributed by atoms with van der Waals surface area (Å²) >= 11 is 0. The summed E-state index contributed by atoms with van der Waals surface area (Å²) in [5.74, 6) is 1.12. The Morgan fingerprint density at radius 1 is 1.05 bits per heavy atom. The average molecular weight is 289 g/mol. The van der Waals surface area contributed by atoms with E-state index in [4.69, 9.17) is 9.47 Å². The van der Waals surface area contributed by atoms with Crippen molar-refractivity contribution in [2.75, 3.05) is 14.2 Å². The lowest BCUT2D eigenvalue weighted by Gasteiger charge is -2.18. The van der Waals surface area contributed by atoms with Crippen molar-refractivity contribution in [2.24, 2.45) is 0 Å². The number of rotatable bonds is 6. The van der Waals surface area contributed by atoms with Crippen LogP contribution in [0.1, 0.15) is 24.1 Å². The molecule has 0 saturated heterocycles. The smallest absolute Gasteiger partial charge is 0.131 e. The fourth-order valence-corrected chi connectivity index (χ4v) is 2.23. The van der Waals surface area contributed by atoms with Crippen LogP contribution in [0.25, 0.3) is 0 Å². The van der Waals surface area contributed by atoms with Gasteiger partial charge in [0.05, 0.1) is 14.2 Å². The molecule has 4 heteroatoms. The van der Waals surface area contributed by atoms with Crippen LogP contribution < -0.4 is 14.8 Å². The van der Waals surface area contributed by atoms with E-state index in [2.05, 4.69) is 5.32 Å². The van der Waals surface area contributed by atoms with Crippen LogP contribution in [0.15, 0.2) is 42.5 Å². The van der Waals surface area contributed by atoms with Crippen LogP contribution >= 0.6 is 0 Å². The largest absolute Gasteiger partial charge is 0.497 e. The minimum atomic E-state index is -0.260. The van der Waals surface area contributed by atoms with E-state index in [0.29, 0.717) is 17.9 Å². The van der Waals surface area contributed by atoms with E-state index >= 15 is 0 Å². The van der Waals surface area contributed by atoms with Crippen molar-refractivity contribution in [3.8, 4) is 11.5 Å². The summed E-state index contributed by atoms with van der Waals surface area (Å²) in [6.07, 6.45) is 0. The van der Waals surface area contributed by atoms with E-state index in [1.54, 1.807) is 26.4 Å². The van der Waals surface area contributed by atoms with E-state index in [0.717, 1.165) is 11.3 Å². The molecule has 0 bridgehead atoms. The van der Waals surface area contributed by atoms with Crippen molar-refractivity contribution in [1.82, 2.24) is 5.32 Å². The second-order valence-corrected chi connectivity index (χ2v) is 4.81. The first-order valence-electron chi connectivity index (χ1n) is 6.84. The van der Waals surface area contributed by atoms with E-state index < -0.39 is 0 Å². The molecule has 0 aliphatic carbocycles. The summed E-state index contributed by atoms with van der Waals surface area (Å²) in [7, 11) is 3.19. The van der Waals surface area contributed by atoms with Crippen molar-refractivity contribution in [1.29, 1.82) is 0 Å². The van der Waals surface area contributed by atoms with Gasteiger partial charge in [-0.3, -0.25) is 0 Å². The maximum absolute atomic E-state index is 14.0. The summed E-state index contributed by atoms with van der Waals surface area (Å²) < 4.78 is 24.3. The number of nitrogens with one attached hydrogen (secondary N) is 1. The van der Waals surface area contributed by atoms with Crippen molar-refractivity contribution in [2.45, 2.75) is 19.5 Å². The molecule has 0 saturated carbocycles. The minimum absolute atomic E-state index is 0.150. The third-order valence-electron chi connectivity index (χ3n) is 3.44. The lowest BCUT2D eigenvalue weighted by Crippen LogP contribution is -2.19. The molecule has 2 aromatic rings. The van der Waals surface area contributed by atoms with Crippen LogP contribution in [0.3, 0.4) is 0 Å². The molecule has 2 aromatic carbocycles. The van der Waals surface area contributed by atoms with Gasteiger partial charge in [-0.25, -0.2) is 4.39 Å². The van der Waals surface area contributed by atoms with Gasteiger partial charge in [-0.15, -0.1) is 0 Å². The van der Waals surface area contributed by atoms with Crippen molar-refractivity contribution < 1.29 is 13.9 Å². The standard InChI is InChI=1S/C17H20FNO2/c1-12(17-15(18)5-4-6-16(17)21-3)19-11-13-7-9-14(20-2)10-8-13/h4-10,12,19H,11H2,1-3H3. The van der Waals surface area contributed by atoms with E-state index in [9.17, 15) is 4.39 Å². The average Bonchev–Trinajstić information content (AvgIpc) is 2.52. The molecule has 0 spiro atoms. The molecule has 1 N–H and O–H groups in total. The van der Waals surface area contributed by atoms with E-state index in [-0.39, 0.29) is 11.9 Å². The zero-order valence-electron chi connectivity index (χ0n) is 12.5. The summed E-state index contributed by atoms with van der Waals surface area (Å²) in [6, 6.07) is 12.5. The first-order valence-corrected chi connectivity index (χ1v) is 6.84.